The SMILES string of the molecule is Cc1ccc(-n2c(SCCOc3ccccc3F)nnc2N2CCOCC2)cc1. The Kier molecular flexibility index (Phi) is 6.31. The van der Waals surface area contributed by atoms with Crippen LogP contribution in [0, 0.1) is 12.7 Å². The van der Waals surface area contributed by atoms with Crippen molar-refractivity contribution < 1.29 is 13.9 Å². The number of aryl methyl sites for hydroxylation is 1. The van der Waals surface area contributed by atoms with Crippen molar-refractivity contribution in [2.24, 2.45) is 0 Å². The van der Waals surface area contributed by atoms with Gasteiger partial charge >= 0.3 is 0 Å². The van der Waals surface area contributed by atoms with E-state index in [1.54, 1.807) is 30.0 Å². The van der Waals surface area contributed by atoms with Crippen molar-refractivity contribution in [2.75, 3.05) is 43.6 Å². The third-order valence-electron chi connectivity index (χ3n) is 4.61. The fraction of sp³-hybridized carbons (Fsp3) is 0.333. The monoisotopic (exact) mass is 414 g/mol. The number of aromatic nitrogens is 3. The Balaban J connectivity index is 1.50. The van der Waals surface area contributed by atoms with Gasteiger partial charge in [0.1, 0.15) is 0 Å². The highest BCUT2D eigenvalue weighted by Gasteiger charge is 2.21. The fourth-order valence-corrected chi connectivity index (χ4v) is 3.85. The van der Waals surface area contributed by atoms with Crippen LogP contribution in [0.15, 0.2) is 53.7 Å². The van der Waals surface area contributed by atoms with Gasteiger partial charge in [-0.1, -0.05) is 41.6 Å². The van der Waals surface area contributed by atoms with E-state index in [0.717, 1.165) is 29.9 Å². The van der Waals surface area contributed by atoms with Crippen LogP contribution in [0.2, 0.25) is 0 Å². The largest absolute Gasteiger partial charge is 0.490 e. The summed E-state index contributed by atoms with van der Waals surface area (Å²) in [6.45, 7) is 5.36. The predicted molar refractivity (Wildman–Crippen MR) is 112 cm³/mol. The molecule has 0 amide bonds. The highest BCUT2D eigenvalue weighted by molar-refractivity contribution is 7.99. The average molecular weight is 415 g/mol. The number of thioether (sulfide) groups is 1. The standard InChI is InChI=1S/C21H23FN4O2S/c1-16-6-8-17(9-7-16)26-20(25-10-12-27-13-11-25)23-24-21(26)29-15-14-28-19-5-3-2-4-18(19)22/h2-9H,10-15H2,1H3. The van der Waals surface area contributed by atoms with Crippen LogP contribution in [-0.2, 0) is 4.74 Å². The van der Waals surface area contributed by atoms with Gasteiger partial charge in [0.15, 0.2) is 16.7 Å². The molecule has 152 valence electrons. The molecular weight excluding hydrogens is 391 g/mol. The quantitative estimate of drug-likeness (QED) is 0.434. The number of halogens is 1. The van der Waals surface area contributed by atoms with Gasteiger partial charge in [-0.05, 0) is 31.2 Å². The highest BCUT2D eigenvalue weighted by Crippen LogP contribution is 2.27. The van der Waals surface area contributed by atoms with Crippen LogP contribution >= 0.6 is 11.8 Å². The number of hydrogen-bond donors (Lipinski definition) is 0. The number of para-hydroxylation sites is 1. The number of hydrogen-bond acceptors (Lipinski definition) is 6. The van der Waals surface area contributed by atoms with Crippen molar-refractivity contribution in [1.82, 2.24) is 14.8 Å². The van der Waals surface area contributed by atoms with Crippen molar-refractivity contribution in [3.05, 3.63) is 59.9 Å². The molecule has 3 aromatic rings. The number of rotatable bonds is 7. The van der Waals surface area contributed by atoms with E-state index in [1.807, 2.05) is 0 Å². The molecule has 2 heterocycles. The summed E-state index contributed by atoms with van der Waals surface area (Å²) >= 11 is 1.54. The minimum atomic E-state index is -0.352. The molecule has 0 saturated carbocycles. The second kappa shape index (κ2) is 9.28. The van der Waals surface area contributed by atoms with E-state index in [1.165, 1.54) is 11.6 Å². The fourth-order valence-electron chi connectivity index (χ4n) is 3.09. The molecule has 0 atom stereocenters. The lowest BCUT2D eigenvalue weighted by atomic mass is 10.2. The van der Waals surface area contributed by atoms with Gasteiger partial charge in [0.2, 0.25) is 5.95 Å². The van der Waals surface area contributed by atoms with E-state index in [2.05, 4.69) is 50.9 Å². The molecule has 1 fully saturated rings. The van der Waals surface area contributed by atoms with Crippen LogP contribution < -0.4 is 9.64 Å². The van der Waals surface area contributed by atoms with Crippen molar-refractivity contribution in [3.8, 4) is 11.4 Å². The third-order valence-corrected chi connectivity index (χ3v) is 5.50. The van der Waals surface area contributed by atoms with Crippen molar-refractivity contribution >= 4 is 17.7 Å². The highest BCUT2D eigenvalue weighted by atomic mass is 32.2. The summed E-state index contributed by atoms with van der Waals surface area (Å²) in [5.74, 6) is 1.35. The summed E-state index contributed by atoms with van der Waals surface area (Å²) in [7, 11) is 0. The first kappa shape index (κ1) is 19.7. The molecule has 29 heavy (non-hydrogen) atoms. The maximum atomic E-state index is 13.7. The lowest BCUT2D eigenvalue weighted by Crippen LogP contribution is -2.37. The van der Waals surface area contributed by atoms with Crippen LogP contribution in [0.4, 0.5) is 10.3 Å². The zero-order valence-electron chi connectivity index (χ0n) is 16.3. The summed E-state index contributed by atoms with van der Waals surface area (Å²) < 4.78 is 26.8. The molecule has 4 rings (SSSR count). The number of morpholine rings is 1. The molecule has 0 aliphatic carbocycles. The number of ether oxygens (including phenoxy) is 2. The topological polar surface area (TPSA) is 52.4 Å². The van der Waals surface area contributed by atoms with Crippen LogP contribution in [0.3, 0.4) is 0 Å². The van der Waals surface area contributed by atoms with Gasteiger partial charge in [-0.2, -0.15) is 0 Å². The number of benzene rings is 2. The van der Waals surface area contributed by atoms with Crippen LogP contribution in [0.5, 0.6) is 5.75 Å². The molecule has 0 unspecified atom stereocenters. The minimum Gasteiger partial charge on any atom is -0.490 e. The Bertz CT molecular complexity index is 942. The first-order valence-electron chi connectivity index (χ1n) is 9.57. The Morgan fingerprint density at radius 2 is 1.83 bits per heavy atom. The first-order chi connectivity index (χ1) is 14.2. The Morgan fingerprint density at radius 1 is 1.07 bits per heavy atom. The second-order valence-electron chi connectivity index (χ2n) is 6.68. The van der Waals surface area contributed by atoms with E-state index in [4.69, 9.17) is 9.47 Å². The van der Waals surface area contributed by atoms with Crippen LogP contribution in [0.1, 0.15) is 5.56 Å². The molecular formula is C21H23FN4O2S. The van der Waals surface area contributed by atoms with Gasteiger partial charge in [0.05, 0.1) is 25.5 Å². The summed E-state index contributed by atoms with van der Waals surface area (Å²) in [5, 5.41) is 9.65. The molecule has 8 heteroatoms. The van der Waals surface area contributed by atoms with E-state index >= 15 is 0 Å². The molecule has 2 aromatic carbocycles. The maximum absolute atomic E-state index is 13.7. The molecule has 0 radical (unpaired) electrons. The summed E-state index contributed by atoms with van der Waals surface area (Å²) in [6, 6.07) is 14.7. The predicted octanol–water partition coefficient (Wildman–Crippen LogP) is 3.72. The minimum absolute atomic E-state index is 0.266. The zero-order valence-corrected chi connectivity index (χ0v) is 17.1. The van der Waals surface area contributed by atoms with E-state index in [-0.39, 0.29) is 11.6 Å². The normalized spacial score (nSPS) is 14.2. The van der Waals surface area contributed by atoms with Gasteiger partial charge in [0.25, 0.3) is 0 Å². The molecule has 6 nitrogen and oxygen atoms in total. The van der Waals surface area contributed by atoms with Crippen molar-refractivity contribution in [2.45, 2.75) is 12.1 Å². The van der Waals surface area contributed by atoms with E-state index < -0.39 is 0 Å². The smallest absolute Gasteiger partial charge is 0.232 e. The van der Waals surface area contributed by atoms with E-state index in [9.17, 15) is 4.39 Å². The second-order valence-corrected chi connectivity index (χ2v) is 7.74. The van der Waals surface area contributed by atoms with Gasteiger partial charge < -0.3 is 14.4 Å². The van der Waals surface area contributed by atoms with E-state index in [0.29, 0.717) is 25.6 Å². The molecule has 0 N–H and O–H groups in total. The Hall–Kier alpha value is -2.58. The number of anilines is 1. The summed E-state index contributed by atoms with van der Waals surface area (Å²) in [4.78, 5) is 2.19. The molecule has 1 aliphatic rings. The van der Waals surface area contributed by atoms with Gasteiger partial charge in [-0.25, -0.2) is 4.39 Å². The van der Waals surface area contributed by atoms with Crippen LogP contribution in [-0.4, -0.2) is 53.4 Å². The summed E-state index contributed by atoms with van der Waals surface area (Å²) in [6.07, 6.45) is 0. The Morgan fingerprint density at radius 3 is 2.59 bits per heavy atom. The first-order valence-corrected chi connectivity index (χ1v) is 10.6. The van der Waals surface area contributed by atoms with Gasteiger partial charge in [-0.3, -0.25) is 4.57 Å². The van der Waals surface area contributed by atoms with Gasteiger partial charge in [-0.15, -0.1) is 10.2 Å². The van der Waals surface area contributed by atoms with Crippen molar-refractivity contribution in [1.29, 1.82) is 0 Å². The maximum Gasteiger partial charge on any atom is 0.232 e. The van der Waals surface area contributed by atoms with Gasteiger partial charge in [0, 0.05) is 18.8 Å². The average Bonchev–Trinajstić information content (AvgIpc) is 3.17. The molecule has 1 aliphatic heterocycles. The lowest BCUT2D eigenvalue weighted by Gasteiger charge is -2.28. The Labute approximate surface area is 173 Å². The van der Waals surface area contributed by atoms with Crippen LogP contribution in [0.25, 0.3) is 5.69 Å². The molecule has 1 aromatic heterocycles. The zero-order chi connectivity index (χ0) is 20.1. The lowest BCUT2D eigenvalue weighted by molar-refractivity contribution is 0.122. The van der Waals surface area contributed by atoms with Crippen molar-refractivity contribution in [3.63, 3.8) is 0 Å². The summed E-state index contributed by atoms with van der Waals surface area (Å²) in [5.41, 5.74) is 2.21. The molecule has 0 bridgehead atoms. The molecule has 0 spiro atoms. The third kappa shape index (κ3) is 4.71. The molecule has 1 saturated heterocycles. The number of nitrogens with zero attached hydrogens (tertiary/aromatic N) is 4.